The molecule has 1 saturated heterocycles. The van der Waals surface area contributed by atoms with Gasteiger partial charge in [-0.1, -0.05) is 53.5 Å². The Hall–Kier alpha value is -3.89. The molecule has 0 unspecified atom stereocenters. The van der Waals surface area contributed by atoms with Crippen molar-refractivity contribution in [3.63, 3.8) is 0 Å². The summed E-state index contributed by atoms with van der Waals surface area (Å²) >= 11 is 12.2. The first kappa shape index (κ1) is 27.2. The third-order valence-corrected chi connectivity index (χ3v) is 6.69. The van der Waals surface area contributed by atoms with E-state index in [4.69, 9.17) is 23.2 Å². The van der Waals surface area contributed by atoms with Crippen molar-refractivity contribution in [3.8, 4) is 0 Å². The molecule has 2 aromatic carbocycles. The second-order valence-corrected chi connectivity index (χ2v) is 9.72. The van der Waals surface area contributed by atoms with Gasteiger partial charge in [0.05, 0.1) is 17.6 Å². The SMILES string of the molecule is O=C(CNC(=O)c1cc2c(Cl)cc(Cl)cc2[nH]1)N[C@@H](C[C@@H]1CCNC1=O)C(=O)C(=O)NCc1ccccc1. The van der Waals surface area contributed by atoms with Crippen LogP contribution < -0.4 is 21.3 Å². The first-order chi connectivity index (χ1) is 18.2. The highest BCUT2D eigenvalue weighted by Crippen LogP contribution is 2.28. The van der Waals surface area contributed by atoms with Gasteiger partial charge in [0, 0.05) is 34.9 Å². The van der Waals surface area contributed by atoms with Crippen LogP contribution in [0.2, 0.25) is 10.0 Å². The first-order valence-corrected chi connectivity index (χ1v) is 12.7. The second kappa shape index (κ2) is 12.1. The predicted octanol–water partition coefficient (Wildman–Crippen LogP) is 2.10. The van der Waals surface area contributed by atoms with Gasteiger partial charge in [-0.2, -0.15) is 0 Å². The number of halogens is 2. The van der Waals surface area contributed by atoms with Gasteiger partial charge in [-0.05, 0) is 36.6 Å². The lowest BCUT2D eigenvalue weighted by Gasteiger charge is -2.20. The van der Waals surface area contributed by atoms with Gasteiger partial charge in [0.1, 0.15) is 5.69 Å². The lowest BCUT2D eigenvalue weighted by Crippen LogP contribution is -2.51. The molecule has 1 aliphatic heterocycles. The van der Waals surface area contributed by atoms with E-state index in [0.717, 1.165) is 5.56 Å². The minimum atomic E-state index is -1.24. The number of hydrogen-bond acceptors (Lipinski definition) is 5. The Labute approximate surface area is 227 Å². The highest BCUT2D eigenvalue weighted by molar-refractivity contribution is 6.39. The molecule has 0 bridgehead atoms. The fourth-order valence-electron chi connectivity index (χ4n) is 4.19. The van der Waals surface area contributed by atoms with Crippen molar-refractivity contribution in [2.45, 2.75) is 25.4 Å². The zero-order valence-electron chi connectivity index (χ0n) is 20.1. The minimum absolute atomic E-state index is 0.0373. The molecule has 1 fully saturated rings. The normalized spacial score (nSPS) is 15.5. The lowest BCUT2D eigenvalue weighted by atomic mass is 9.95. The topological polar surface area (TPSA) is 149 Å². The summed E-state index contributed by atoms with van der Waals surface area (Å²) in [6, 6.07) is 12.5. The molecule has 0 aliphatic carbocycles. The molecule has 0 spiro atoms. The molecule has 198 valence electrons. The summed E-state index contributed by atoms with van der Waals surface area (Å²) in [5.41, 5.74) is 1.51. The Morgan fingerprint density at radius 3 is 2.50 bits per heavy atom. The molecular weight excluding hydrogens is 533 g/mol. The standard InChI is InChI=1S/C26H25Cl2N5O5/c27-16-9-18(28)17-11-21(32-19(17)10-16)25(37)31-13-22(34)33-20(8-15-6-7-29-24(15)36)23(35)26(38)30-12-14-4-2-1-3-5-14/h1-5,9-11,15,20,32H,6-8,12-13H2,(H,29,36)(H,30,38)(H,31,37)(H,33,34)/t15-,20-/m0/s1. The van der Waals surface area contributed by atoms with Crippen molar-refractivity contribution in [1.29, 1.82) is 0 Å². The van der Waals surface area contributed by atoms with Crippen LogP contribution in [0.15, 0.2) is 48.5 Å². The Morgan fingerprint density at radius 1 is 1.03 bits per heavy atom. The zero-order chi connectivity index (χ0) is 27.2. The fourth-order valence-corrected chi connectivity index (χ4v) is 4.74. The predicted molar refractivity (Wildman–Crippen MR) is 142 cm³/mol. The number of aromatic nitrogens is 1. The molecule has 38 heavy (non-hydrogen) atoms. The van der Waals surface area contributed by atoms with Crippen molar-refractivity contribution >= 4 is 63.5 Å². The number of hydrogen-bond donors (Lipinski definition) is 5. The smallest absolute Gasteiger partial charge is 0.289 e. The fraction of sp³-hybridized carbons (Fsp3) is 0.269. The summed E-state index contributed by atoms with van der Waals surface area (Å²) in [6.45, 7) is 0.120. The molecular formula is C26H25Cl2N5O5. The number of carbonyl (C=O) groups is 5. The highest BCUT2D eigenvalue weighted by Gasteiger charge is 2.34. The summed E-state index contributed by atoms with van der Waals surface area (Å²) in [5, 5.41) is 11.5. The quantitative estimate of drug-likeness (QED) is 0.242. The third kappa shape index (κ3) is 6.70. The van der Waals surface area contributed by atoms with Crippen molar-refractivity contribution in [3.05, 3.63) is 69.8 Å². The van der Waals surface area contributed by atoms with Crippen LogP contribution in [0.4, 0.5) is 0 Å². The molecule has 2 atom stereocenters. The minimum Gasteiger partial charge on any atom is -0.356 e. The summed E-state index contributed by atoms with van der Waals surface area (Å²) in [6.07, 6.45) is 0.443. The molecule has 10 nitrogen and oxygen atoms in total. The van der Waals surface area contributed by atoms with Gasteiger partial charge in [0.25, 0.3) is 11.8 Å². The summed E-state index contributed by atoms with van der Waals surface area (Å²) < 4.78 is 0. The Bertz CT molecular complexity index is 1390. The number of benzene rings is 2. The van der Waals surface area contributed by atoms with Crippen LogP contribution in [-0.2, 0) is 25.7 Å². The Balaban J connectivity index is 1.38. The van der Waals surface area contributed by atoms with Gasteiger partial charge in [-0.3, -0.25) is 24.0 Å². The van der Waals surface area contributed by atoms with Gasteiger partial charge in [-0.25, -0.2) is 0 Å². The van der Waals surface area contributed by atoms with Gasteiger partial charge in [-0.15, -0.1) is 0 Å². The number of carbonyl (C=O) groups excluding carboxylic acids is 5. The third-order valence-electron chi connectivity index (χ3n) is 6.16. The van der Waals surface area contributed by atoms with Gasteiger partial charge in [0.2, 0.25) is 17.6 Å². The molecule has 1 aromatic heterocycles. The van der Waals surface area contributed by atoms with E-state index in [1.807, 2.05) is 6.07 Å². The van der Waals surface area contributed by atoms with E-state index in [1.54, 1.807) is 36.4 Å². The lowest BCUT2D eigenvalue weighted by molar-refractivity contribution is -0.140. The van der Waals surface area contributed by atoms with Crippen molar-refractivity contribution < 1.29 is 24.0 Å². The van der Waals surface area contributed by atoms with E-state index in [0.29, 0.717) is 33.9 Å². The van der Waals surface area contributed by atoms with E-state index in [2.05, 4.69) is 26.3 Å². The van der Waals surface area contributed by atoms with Crippen LogP contribution >= 0.6 is 23.2 Å². The number of rotatable bonds is 10. The highest BCUT2D eigenvalue weighted by atomic mass is 35.5. The van der Waals surface area contributed by atoms with E-state index in [1.165, 1.54) is 6.07 Å². The maximum Gasteiger partial charge on any atom is 0.289 e. The molecule has 0 saturated carbocycles. The average molecular weight is 558 g/mol. The van der Waals surface area contributed by atoms with Crippen LogP contribution in [0.5, 0.6) is 0 Å². The van der Waals surface area contributed by atoms with E-state index in [-0.39, 0.29) is 24.6 Å². The molecule has 4 amide bonds. The van der Waals surface area contributed by atoms with Crippen LogP contribution in [0.1, 0.15) is 28.9 Å². The molecule has 3 aromatic rings. The van der Waals surface area contributed by atoms with Gasteiger partial charge < -0.3 is 26.3 Å². The molecule has 4 rings (SSSR count). The van der Waals surface area contributed by atoms with Crippen LogP contribution in [0.3, 0.4) is 0 Å². The molecule has 2 heterocycles. The largest absolute Gasteiger partial charge is 0.356 e. The first-order valence-electron chi connectivity index (χ1n) is 11.9. The summed E-state index contributed by atoms with van der Waals surface area (Å²) in [7, 11) is 0. The molecule has 12 heteroatoms. The van der Waals surface area contributed by atoms with Crippen molar-refractivity contribution in [2.75, 3.05) is 13.1 Å². The number of H-pyrrole nitrogens is 1. The summed E-state index contributed by atoms with van der Waals surface area (Å²) in [4.78, 5) is 65.7. The van der Waals surface area contributed by atoms with Crippen LogP contribution in [0, 0.1) is 5.92 Å². The second-order valence-electron chi connectivity index (χ2n) is 8.88. The van der Waals surface area contributed by atoms with Crippen molar-refractivity contribution in [2.24, 2.45) is 5.92 Å². The molecule has 5 N–H and O–H groups in total. The van der Waals surface area contributed by atoms with E-state index in [9.17, 15) is 24.0 Å². The molecule has 1 aliphatic rings. The molecule has 0 radical (unpaired) electrons. The number of amides is 4. The Morgan fingerprint density at radius 2 is 1.79 bits per heavy atom. The van der Waals surface area contributed by atoms with Gasteiger partial charge >= 0.3 is 0 Å². The number of fused-ring (bicyclic) bond motifs is 1. The monoisotopic (exact) mass is 557 g/mol. The zero-order valence-corrected chi connectivity index (χ0v) is 21.6. The van der Waals surface area contributed by atoms with E-state index < -0.39 is 42.0 Å². The van der Waals surface area contributed by atoms with Crippen molar-refractivity contribution in [1.82, 2.24) is 26.3 Å². The number of aromatic amines is 1. The number of nitrogens with one attached hydrogen (secondary N) is 5. The van der Waals surface area contributed by atoms with Gasteiger partial charge in [0.15, 0.2) is 0 Å². The Kier molecular flexibility index (Phi) is 8.65. The van der Waals surface area contributed by atoms with E-state index >= 15 is 0 Å². The number of ketones is 1. The number of Topliss-reactive ketones (excluding diaryl/α,β-unsaturated/α-hetero) is 1. The van der Waals surface area contributed by atoms with Crippen LogP contribution in [0.25, 0.3) is 10.9 Å². The summed E-state index contributed by atoms with van der Waals surface area (Å²) in [5.74, 6) is -3.79. The average Bonchev–Trinajstić information content (AvgIpc) is 3.51. The maximum atomic E-state index is 12.9. The maximum absolute atomic E-state index is 12.9. The van der Waals surface area contributed by atoms with Crippen LogP contribution in [-0.4, -0.2) is 53.5 Å².